The van der Waals surface area contributed by atoms with E-state index in [0.29, 0.717) is 0 Å². The second-order valence-corrected chi connectivity index (χ2v) is 6.27. The Kier molecular flexibility index (Phi) is 5.26. The summed E-state index contributed by atoms with van der Waals surface area (Å²) in [6.07, 6.45) is 5.16. The third kappa shape index (κ3) is 4.54. The van der Waals surface area contributed by atoms with E-state index in [-0.39, 0.29) is 0 Å². The van der Waals surface area contributed by atoms with Crippen LogP contribution in [0.4, 0.5) is 5.69 Å². The third-order valence-electron chi connectivity index (χ3n) is 4.03. The summed E-state index contributed by atoms with van der Waals surface area (Å²) in [6.45, 7) is 5.98. The molecule has 19 heavy (non-hydrogen) atoms. The summed E-state index contributed by atoms with van der Waals surface area (Å²) in [5, 5.41) is 0. The maximum Gasteiger partial charge on any atom is 0.0366 e. The molecule has 1 aromatic carbocycles. The van der Waals surface area contributed by atoms with E-state index >= 15 is 0 Å². The van der Waals surface area contributed by atoms with E-state index in [1.807, 2.05) is 0 Å². The van der Waals surface area contributed by atoms with Crippen molar-refractivity contribution in [2.75, 3.05) is 38.6 Å². The topological polar surface area (TPSA) is 6.48 Å². The summed E-state index contributed by atoms with van der Waals surface area (Å²) in [7, 11) is 4.28. The molecule has 0 saturated carbocycles. The Morgan fingerprint density at radius 1 is 1.21 bits per heavy atom. The molecule has 0 N–H and O–H groups in total. The van der Waals surface area contributed by atoms with Crippen LogP contribution in [-0.2, 0) is 6.42 Å². The van der Waals surface area contributed by atoms with Crippen molar-refractivity contribution in [2.45, 2.75) is 32.6 Å². The molecule has 1 unspecified atom stereocenters. The maximum absolute atomic E-state index is 2.54. The van der Waals surface area contributed by atoms with Crippen LogP contribution < -0.4 is 4.90 Å². The van der Waals surface area contributed by atoms with E-state index in [4.69, 9.17) is 0 Å². The molecule has 1 aliphatic rings. The molecular weight excluding hydrogens is 232 g/mol. The van der Waals surface area contributed by atoms with Gasteiger partial charge in [0.25, 0.3) is 0 Å². The van der Waals surface area contributed by atoms with Crippen molar-refractivity contribution in [3.8, 4) is 0 Å². The van der Waals surface area contributed by atoms with Crippen LogP contribution in [0.2, 0.25) is 0 Å². The van der Waals surface area contributed by atoms with E-state index in [1.54, 1.807) is 0 Å². The van der Waals surface area contributed by atoms with Crippen molar-refractivity contribution in [3.05, 3.63) is 29.8 Å². The minimum Gasteiger partial charge on any atom is -0.371 e. The molecule has 0 aromatic heterocycles. The van der Waals surface area contributed by atoms with Gasteiger partial charge in [0.1, 0.15) is 0 Å². The Bertz CT molecular complexity index is 369. The fourth-order valence-corrected chi connectivity index (χ4v) is 2.90. The fraction of sp³-hybridized carbons (Fsp3) is 0.647. The van der Waals surface area contributed by atoms with Crippen LogP contribution in [0.3, 0.4) is 0 Å². The van der Waals surface area contributed by atoms with Gasteiger partial charge in [-0.1, -0.05) is 19.1 Å². The molecule has 0 radical (unpaired) electrons. The zero-order valence-corrected chi connectivity index (χ0v) is 12.7. The lowest BCUT2D eigenvalue weighted by Crippen LogP contribution is -2.34. The van der Waals surface area contributed by atoms with Gasteiger partial charge in [0.2, 0.25) is 0 Å². The number of aryl methyl sites for hydroxylation is 1. The van der Waals surface area contributed by atoms with Gasteiger partial charge >= 0.3 is 0 Å². The van der Waals surface area contributed by atoms with E-state index < -0.39 is 0 Å². The molecular formula is C17H28N2. The lowest BCUT2D eigenvalue weighted by atomic mass is 9.99. The van der Waals surface area contributed by atoms with Gasteiger partial charge in [-0.3, -0.25) is 0 Å². The summed E-state index contributed by atoms with van der Waals surface area (Å²) in [5.41, 5.74) is 2.87. The standard InChI is InChI=1S/C17H28N2/c1-15-6-4-13-19(14-15)17-10-8-16(9-11-17)7-5-12-18(2)3/h8-11,15H,4-7,12-14H2,1-3H3. The fourth-order valence-electron chi connectivity index (χ4n) is 2.90. The monoisotopic (exact) mass is 260 g/mol. The van der Waals surface area contributed by atoms with Crippen LogP contribution in [-0.4, -0.2) is 38.6 Å². The quantitative estimate of drug-likeness (QED) is 0.800. The molecule has 0 bridgehead atoms. The Hall–Kier alpha value is -1.02. The molecule has 0 amide bonds. The van der Waals surface area contributed by atoms with Crippen molar-refractivity contribution in [1.82, 2.24) is 4.90 Å². The predicted octanol–water partition coefficient (Wildman–Crippen LogP) is 3.42. The van der Waals surface area contributed by atoms with E-state index in [1.165, 1.54) is 56.6 Å². The van der Waals surface area contributed by atoms with Crippen molar-refractivity contribution < 1.29 is 0 Å². The zero-order valence-electron chi connectivity index (χ0n) is 12.7. The first-order chi connectivity index (χ1) is 9.15. The molecule has 1 aromatic rings. The van der Waals surface area contributed by atoms with Gasteiger partial charge in [0.05, 0.1) is 0 Å². The molecule has 2 nitrogen and oxygen atoms in total. The normalized spacial score (nSPS) is 20.0. The number of hydrogen-bond donors (Lipinski definition) is 0. The van der Waals surface area contributed by atoms with Crippen LogP contribution in [0.1, 0.15) is 31.7 Å². The highest BCUT2D eigenvalue weighted by molar-refractivity contribution is 5.48. The average Bonchev–Trinajstić information content (AvgIpc) is 2.39. The molecule has 1 saturated heterocycles. The molecule has 2 rings (SSSR count). The highest BCUT2D eigenvalue weighted by Gasteiger charge is 2.16. The van der Waals surface area contributed by atoms with Gasteiger partial charge in [-0.15, -0.1) is 0 Å². The summed E-state index contributed by atoms with van der Waals surface area (Å²) >= 11 is 0. The van der Waals surface area contributed by atoms with E-state index in [0.717, 1.165) is 5.92 Å². The van der Waals surface area contributed by atoms with Crippen molar-refractivity contribution in [1.29, 1.82) is 0 Å². The second kappa shape index (κ2) is 6.95. The molecule has 1 atom stereocenters. The zero-order chi connectivity index (χ0) is 13.7. The lowest BCUT2D eigenvalue weighted by Gasteiger charge is -2.32. The van der Waals surface area contributed by atoms with Gasteiger partial charge < -0.3 is 9.80 Å². The number of anilines is 1. The number of hydrogen-bond acceptors (Lipinski definition) is 2. The molecule has 1 aliphatic heterocycles. The number of rotatable bonds is 5. The largest absolute Gasteiger partial charge is 0.371 e. The minimum absolute atomic E-state index is 0.841. The maximum atomic E-state index is 2.54. The summed E-state index contributed by atoms with van der Waals surface area (Å²) in [4.78, 5) is 4.79. The molecule has 0 spiro atoms. The van der Waals surface area contributed by atoms with Gasteiger partial charge in [0, 0.05) is 18.8 Å². The highest BCUT2D eigenvalue weighted by atomic mass is 15.1. The van der Waals surface area contributed by atoms with Crippen LogP contribution in [0.15, 0.2) is 24.3 Å². The molecule has 0 aliphatic carbocycles. The van der Waals surface area contributed by atoms with E-state index in [9.17, 15) is 0 Å². The highest BCUT2D eigenvalue weighted by Crippen LogP contribution is 2.23. The smallest absolute Gasteiger partial charge is 0.0366 e. The molecule has 1 heterocycles. The van der Waals surface area contributed by atoms with Gasteiger partial charge in [-0.05, 0) is 69.9 Å². The first-order valence-corrected chi connectivity index (χ1v) is 7.64. The average molecular weight is 260 g/mol. The summed E-state index contributed by atoms with van der Waals surface area (Å²) in [5.74, 6) is 0.841. The van der Waals surface area contributed by atoms with Crippen LogP contribution in [0, 0.1) is 5.92 Å². The Morgan fingerprint density at radius 2 is 1.95 bits per heavy atom. The van der Waals surface area contributed by atoms with Gasteiger partial charge in [-0.25, -0.2) is 0 Å². The Labute approximate surface area is 118 Å². The Morgan fingerprint density at radius 3 is 2.58 bits per heavy atom. The number of nitrogens with zero attached hydrogens (tertiary/aromatic N) is 2. The third-order valence-corrected chi connectivity index (χ3v) is 4.03. The molecule has 2 heteroatoms. The van der Waals surface area contributed by atoms with Crippen molar-refractivity contribution in [2.24, 2.45) is 5.92 Å². The minimum atomic E-state index is 0.841. The Balaban J connectivity index is 1.87. The second-order valence-electron chi connectivity index (χ2n) is 6.27. The van der Waals surface area contributed by atoms with Crippen LogP contribution in [0.5, 0.6) is 0 Å². The first-order valence-electron chi connectivity index (χ1n) is 7.64. The van der Waals surface area contributed by atoms with E-state index in [2.05, 4.69) is 55.1 Å². The van der Waals surface area contributed by atoms with Crippen LogP contribution >= 0.6 is 0 Å². The molecule has 106 valence electrons. The van der Waals surface area contributed by atoms with Crippen molar-refractivity contribution >= 4 is 5.69 Å². The van der Waals surface area contributed by atoms with Gasteiger partial charge in [-0.2, -0.15) is 0 Å². The first kappa shape index (κ1) is 14.4. The lowest BCUT2D eigenvalue weighted by molar-refractivity contribution is 0.400. The SMILES string of the molecule is CC1CCCN(c2ccc(CCCN(C)C)cc2)C1. The van der Waals surface area contributed by atoms with Crippen LogP contribution in [0.25, 0.3) is 0 Å². The number of benzene rings is 1. The number of piperidine rings is 1. The summed E-state index contributed by atoms with van der Waals surface area (Å²) in [6, 6.07) is 9.24. The van der Waals surface area contributed by atoms with Gasteiger partial charge in [0.15, 0.2) is 0 Å². The molecule has 1 fully saturated rings. The predicted molar refractivity (Wildman–Crippen MR) is 83.9 cm³/mol. The van der Waals surface area contributed by atoms with Crippen molar-refractivity contribution in [3.63, 3.8) is 0 Å². The summed E-state index contributed by atoms with van der Waals surface area (Å²) < 4.78 is 0.